The van der Waals surface area contributed by atoms with Crippen LogP contribution in [-0.2, 0) is 16.6 Å². The van der Waals surface area contributed by atoms with Gasteiger partial charge in [-0.15, -0.1) is 0 Å². The Morgan fingerprint density at radius 2 is 2.04 bits per heavy atom. The number of likely N-dealkylation sites (N-methyl/N-ethyl adjacent to an activating group) is 1. The highest BCUT2D eigenvalue weighted by Gasteiger charge is 2.35. The topological polar surface area (TPSA) is 79.3 Å². The molecule has 2 heterocycles. The van der Waals surface area contributed by atoms with E-state index in [0.29, 0.717) is 13.0 Å². The van der Waals surface area contributed by atoms with Crippen molar-refractivity contribution in [1.82, 2.24) is 20.4 Å². The summed E-state index contributed by atoms with van der Waals surface area (Å²) in [6.45, 7) is 2.61. The smallest absolute Gasteiger partial charge is 0.249 e. The Bertz CT molecular complexity index is 768. The first-order chi connectivity index (χ1) is 12.0. The summed E-state index contributed by atoms with van der Waals surface area (Å²) in [5, 5.41) is 9.94. The van der Waals surface area contributed by atoms with E-state index in [2.05, 4.69) is 15.7 Å². The second-order valence-corrected chi connectivity index (χ2v) is 6.34. The zero-order valence-electron chi connectivity index (χ0n) is 14.7. The molecule has 1 fully saturated rings. The number of nitrogens with one attached hydrogen (secondary N) is 2. The highest BCUT2D eigenvalue weighted by Crippen LogP contribution is 2.22. The van der Waals surface area contributed by atoms with E-state index in [9.17, 15) is 9.59 Å². The number of aromatic nitrogens is 2. The molecule has 0 saturated carbocycles. The van der Waals surface area contributed by atoms with Gasteiger partial charge in [-0.1, -0.05) is 17.7 Å². The molecule has 2 amide bonds. The third kappa shape index (κ3) is 3.56. The van der Waals surface area contributed by atoms with Gasteiger partial charge in [-0.25, -0.2) is 0 Å². The van der Waals surface area contributed by atoms with Gasteiger partial charge in [-0.3, -0.25) is 14.3 Å². The van der Waals surface area contributed by atoms with Crippen LogP contribution in [0.2, 0.25) is 0 Å². The Kier molecular flexibility index (Phi) is 4.85. The highest BCUT2D eigenvalue weighted by atomic mass is 16.2. The lowest BCUT2D eigenvalue weighted by Crippen LogP contribution is -2.45. The molecule has 2 N–H and O–H groups in total. The van der Waals surface area contributed by atoms with Crippen LogP contribution in [0.1, 0.15) is 23.6 Å². The number of amides is 2. The molecule has 0 aliphatic carbocycles. The van der Waals surface area contributed by atoms with Crippen LogP contribution in [0.15, 0.2) is 36.7 Å². The molecule has 25 heavy (non-hydrogen) atoms. The molecule has 7 heteroatoms. The van der Waals surface area contributed by atoms with E-state index in [1.54, 1.807) is 36.1 Å². The average molecular weight is 341 g/mol. The lowest BCUT2D eigenvalue weighted by Gasteiger charge is -2.19. The molecule has 132 valence electrons. The van der Waals surface area contributed by atoms with E-state index >= 15 is 0 Å². The Balaban J connectivity index is 1.67. The number of carbonyl (C=O) groups is 2. The van der Waals surface area contributed by atoms with Crippen LogP contribution in [0.25, 0.3) is 0 Å². The van der Waals surface area contributed by atoms with Crippen LogP contribution < -0.4 is 15.5 Å². The number of hydrogen-bond donors (Lipinski definition) is 2. The molecule has 0 radical (unpaired) electrons. The van der Waals surface area contributed by atoms with Crippen molar-refractivity contribution in [1.29, 1.82) is 0 Å². The summed E-state index contributed by atoms with van der Waals surface area (Å²) < 4.78 is 1.65. The van der Waals surface area contributed by atoms with Crippen molar-refractivity contribution in [2.24, 2.45) is 7.05 Å². The number of benzene rings is 1. The van der Waals surface area contributed by atoms with Crippen LogP contribution in [0.4, 0.5) is 5.69 Å². The molecule has 2 aromatic rings. The minimum atomic E-state index is -0.532. The molecule has 1 aromatic heterocycles. The van der Waals surface area contributed by atoms with Crippen LogP contribution in [-0.4, -0.2) is 41.2 Å². The average Bonchev–Trinajstić information content (AvgIpc) is 3.16. The third-order valence-corrected chi connectivity index (χ3v) is 4.48. The van der Waals surface area contributed by atoms with Crippen LogP contribution in [0, 0.1) is 6.92 Å². The van der Waals surface area contributed by atoms with Crippen LogP contribution >= 0.6 is 0 Å². The van der Waals surface area contributed by atoms with E-state index in [-0.39, 0.29) is 11.8 Å². The summed E-state index contributed by atoms with van der Waals surface area (Å²) in [6, 6.07) is 6.80. The number of hydrogen-bond acceptors (Lipinski definition) is 4. The molecule has 1 aliphatic heterocycles. The van der Waals surface area contributed by atoms with Crippen molar-refractivity contribution in [2.45, 2.75) is 25.4 Å². The van der Waals surface area contributed by atoms with Crippen molar-refractivity contribution in [3.8, 4) is 0 Å². The van der Waals surface area contributed by atoms with Gasteiger partial charge in [-0.05, 0) is 32.5 Å². The van der Waals surface area contributed by atoms with Gasteiger partial charge in [0, 0.05) is 31.0 Å². The van der Waals surface area contributed by atoms with Gasteiger partial charge < -0.3 is 15.5 Å². The molecule has 0 spiro atoms. The van der Waals surface area contributed by atoms with Gasteiger partial charge in [-0.2, -0.15) is 5.10 Å². The fourth-order valence-electron chi connectivity index (χ4n) is 3.09. The number of rotatable bonds is 5. The largest absolute Gasteiger partial charge is 0.343 e. The zero-order valence-corrected chi connectivity index (χ0v) is 14.7. The SMILES string of the molecule is CNC(C(=O)NC1CCN(c2ccc(C)cc2)C1=O)c1cnn(C)c1. The van der Waals surface area contributed by atoms with Gasteiger partial charge in [0.2, 0.25) is 11.8 Å². The Morgan fingerprint density at radius 1 is 1.32 bits per heavy atom. The van der Waals surface area contributed by atoms with Crippen molar-refractivity contribution in [3.05, 3.63) is 47.8 Å². The monoisotopic (exact) mass is 341 g/mol. The molecular formula is C18H23N5O2. The molecule has 1 aromatic carbocycles. The van der Waals surface area contributed by atoms with Crippen LogP contribution in [0.5, 0.6) is 0 Å². The van der Waals surface area contributed by atoms with Gasteiger partial charge >= 0.3 is 0 Å². The summed E-state index contributed by atoms with van der Waals surface area (Å²) >= 11 is 0. The number of anilines is 1. The van der Waals surface area contributed by atoms with Gasteiger partial charge in [0.25, 0.3) is 0 Å². The van der Waals surface area contributed by atoms with E-state index < -0.39 is 12.1 Å². The van der Waals surface area contributed by atoms with Crippen molar-refractivity contribution < 1.29 is 9.59 Å². The normalized spacial score (nSPS) is 18.4. The number of aryl methyl sites for hydroxylation is 2. The minimum Gasteiger partial charge on any atom is -0.343 e. The first-order valence-corrected chi connectivity index (χ1v) is 8.34. The third-order valence-electron chi connectivity index (χ3n) is 4.48. The van der Waals surface area contributed by atoms with E-state index in [0.717, 1.165) is 16.8 Å². The first kappa shape index (κ1) is 17.2. The van der Waals surface area contributed by atoms with Crippen molar-refractivity contribution in [2.75, 3.05) is 18.5 Å². The maximum Gasteiger partial charge on any atom is 0.249 e. The quantitative estimate of drug-likeness (QED) is 0.847. The van der Waals surface area contributed by atoms with E-state index in [4.69, 9.17) is 0 Å². The second kappa shape index (κ2) is 7.06. The molecule has 2 atom stereocenters. The van der Waals surface area contributed by atoms with Crippen molar-refractivity contribution in [3.63, 3.8) is 0 Å². The van der Waals surface area contributed by atoms with Gasteiger partial charge in [0.05, 0.1) is 6.20 Å². The summed E-state index contributed by atoms with van der Waals surface area (Å²) in [6.07, 6.45) is 4.04. The standard InChI is InChI=1S/C18H23N5O2/c1-12-4-6-14(7-5-12)23-9-8-15(18(23)25)21-17(24)16(19-2)13-10-20-22(3)11-13/h4-7,10-11,15-16,19H,8-9H2,1-3H3,(H,21,24). The summed E-state index contributed by atoms with van der Waals surface area (Å²) in [5.74, 6) is -0.294. The Labute approximate surface area is 147 Å². The van der Waals surface area contributed by atoms with Gasteiger partial charge in [0.15, 0.2) is 0 Å². The molecule has 7 nitrogen and oxygen atoms in total. The predicted octanol–water partition coefficient (Wildman–Crippen LogP) is 0.911. The van der Waals surface area contributed by atoms with Crippen LogP contribution in [0.3, 0.4) is 0 Å². The lowest BCUT2D eigenvalue weighted by molar-refractivity contribution is -0.127. The fourth-order valence-corrected chi connectivity index (χ4v) is 3.09. The highest BCUT2D eigenvalue weighted by molar-refractivity contribution is 6.01. The van der Waals surface area contributed by atoms with E-state index in [1.807, 2.05) is 31.2 Å². The lowest BCUT2D eigenvalue weighted by atomic mass is 10.1. The minimum absolute atomic E-state index is 0.0711. The maximum atomic E-state index is 12.7. The molecule has 3 rings (SSSR count). The molecular weight excluding hydrogens is 318 g/mol. The summed E-state index contributed by atoms with van der Waals surface area (Å²) in [5.41, 5.74) is 2.78. The maximum absolute atomic E-state index is 12.7. The molecule has 2 unspecified atom stereocenters. The summed E-state index contributed by atoms with van der Waals surface area (Å²) in [4.78, 5) is 27.0. The first-order valence-electron chi connectivity index (χ1n) is 8.34. The number of nitrogens with zero attached hydrogens (tertiary/aromatic N) is 3. The number of carbonyl (C=O) groups excluding carboxylic acids is 2. The Hall–Kier alpha value is -2.67. The van der Waals surface area contributed by atoms with E-state index in [1.165, 1.54) is 0 Å². The second-order valence-electron chi connectivity index (χ2n) is 6.34. The molecule has 0 bridgehead atoms. The summed E-state index contributed by atoms with van der Waals surface area (Å²) in [7, 11) is 3.51. The van der Waals surface area contributed by atoms with Gasteiger partial charge in [0.1, 0.15) is 12.1 Å². The zero-order chi connectivity index (χ0) is 18.0. The predicted molar refractivity (Wildman–Crippen MR) is 95.1 cm³/mol. The van der Waals surface area contributed by atoms with Crippen molar-refractivity contribution >= 4 is 17.5 Å². The fraction of sp³-hybridized carbons (Fsp3) is 0.389. The Morgan fingerprint density at radius 3 is 2.64 bits per heavy atom. The molecule has 1 aliphatic rings. The molecule has 1 saturated heterocycles.